The summed E-state index contributed by atoms with van der Waals surface area (Å²) >= 11 is 0. The van der Waals surface area contributed by atoms with Crippen LogP contribution < -0.4 is 0 Å². The molecule has 1 rings (SSSR count). The van der Waals surface area contributed by atoms with Crippen LogP contribution in [-0.4, -0.2) is 45.1 Å². The van der Waals surface area contributed by atoms with E-state index in [0.717, 1.165) is 5.69 Å². The average Bonchev–Trinajstić information content (AvgIpc) is 2.29. The molecule has 0 aliphatic carbocycles. The SMILES string of the molecule is Cc1cnc(C(=O)N(CCCO)C(C)C)cn1. The molecule has 5 nitrogen and oxygen atoms in total. The van der Waals surface area contributed by atoms with Crippen LogP contribution in [-0.2, 0) is 0 Å². The van der Waals surface area contributed by atoms with Crippen LogP contribution in [0.5, 0.6) is 0 Å². The van der Waals surface area contributed by atoms with E-state index in [1.54, 1.807) is 11.1 Å². The minimum Gasteiger partial charge on any atom is -0.396 e. The summed E-state index contributed by atoms with van der Waals surface area (Å²) in [5.74, 6) is -0.138. The van der Waals surface area contributed by atoms with Crippen molar-refractivity contribution in [3.05, 3.63) is 23.8 Å². The Labute approximate surface area is 102 Å². The molecule has 17 heavy (non-hydrogen) atoms. The first-order chi connectivity index (χ1) is 8.06. The molecule has 0 bridgehead atoms. The molecule has 0 aliphatic rings. The number of rotatable bonds is 5. The van der Waals surface area contributed by atoms with Crippen molar-refractivity contribution in [1.82, 2.24) is 14.9 Å². The molecule has 0 aromatic carbocycles. The van der Waals surface area contributed by atoms with E-state index in [1.807, 2.05) is 20.8 Å². The van der Waals surface area contributed by atoms with E-state index in [1.165, 1.54) is 6.20 Å². The molecular formula is C12H19N3O2. The van der Waals surface area contributed by atoms with Gasteiger partial charge in [-0.25, -0.2) is 4.98 Å². The summed E-state index contributed by atoms with van der Waals surface area (Å²) < 4.78 is 0. The highest BCUT2D eigenvalue weighted by atomic mass is 16.3. The standard InChI is InChI=1S/C12H19N3O2/c1-9(2)15(5-4-6-16)12(17)11-8-13-10(3)7-14-11/h7-9,16H,4-6H2,1-3H3. The summed E-state index contributed by atoms with van der Waals surface area (Å²) in [6, 6.07) is 0.0807. The van der Waals surface area contributed by atoms with Gasteiger partial charge in [0, 0.05) is 25.4 Å². The van der Waals surface area contributed by atoms with Gasteiger partial charge < -0.3 is 10.0 Å². The van der Waals surface area contributed by atoms with Crippen LogP contribution in [0.15, 0.2) is 12.4 Å². The molecule has 0 fully saturated rings. The zero-order valence-electron chi connectivity index (χ0n) is 10.6. The molecule has 5 heteroatoms. The van der Waals surface area contributed by atoms with Gasteiger partial charge >= 0.3 is 0 Å². The zero-order valence-corrected chi connectivity index (χ0v) is 10.6. The van der Waals surface area contributed by atoms with E-state index in [4.69, 9.17) is 5.11 Å². The number of amides is 1. The molecule has 0 radical (unpaired) electrons. The second-order valence-electron chi connectivity index (χ2n) is 4.21. The van der Waals surface area contributed by atoms with E-state index >= 15 is 0 Å². The Morgan fingerprint density at radius 3 is 2.59 bits per heavy atom. The highest BCUT2D eigenvalue weighted by Gasteiger charge is 2.19. The third-order valence-corrected chi connectivity index (χ3v) is 2.44. The lowest BCUT2D eigenvalue weighted by molar-refractivity contribution is 0.0686. The topological polar surface area (TPSA) is 66.3 Å². The van der Waals surface area contributed by atoms with Gasteiger partial charge in [-0.1, -0.05) is 0 Å². The maximum Gasteiger partial charge on any atom is 0.274 e. The summed E-state index contributed by atoms with van der Waals surface area (Å²) in [5.41, 5.74) is 1.13. The Bertz CT molecular complexity index is 363. The first-order valence-corrected chi connectivity index (χ1v) is 5.76. The number of hydrogen-bond donors (Lipinski definition) is 1. The van der Waals surface area contributed by atoms with Crippen molar-refractivity contribution in [2.75, 3.05) is 13.2 Å². The largest absolute Gasteiger partial charge is 0.396 e. The van der Waals surface area contributed by atoms with Crippen LogP contribution in [0.3, 0.4) is 0 Å². The molecular weight excluding hydrogens is 218 g/mol. The van der Waals surface area contributed by atoms with Crippen molar-refractivity contribution < 1.29 is 9.90 Å². The quantitative estimate of drug-likeness (QED) is 0.830. The van der Waals surface area contributed by atoms with E-state index in [2.05, 4.69) is 9.97 Å². The average molecular weight is 237 g/mol. The first kappa shape index (κ1) is 13.6. The van der Waals surface area contributed by atoms with Gasteiger partial charge in [-0.2, -0.15) is 0 Å². The van der Waals surface area contributed by atoms with E-state index in [0.29, 0.717) is 18.7 Å². The molecule has 94 valence electrons. The summed E-state index contributed by atoms with van der Waals surface area (Å²) in [5, 5.41) is 8.82. The van der Waals surface area contributed by atoms with Crippen LogP contribution in [0.4, 0.5) is 0 Å². The first-order valence-electron chi connectivity index (χ1n) is 5.76. The fourth-order valence-corrected chi connectivity index (χ4v) is 1.49. The highest BCUT2D eigenvalue weighted by Crippen LogP contribution is 2.06. The number of nitrogens with zero attached hydrogens (tertiary/aromatic N) is 3. The van der Waals surface area contributed by atoms with Crippen molar-refractivity contribution in [2.45, 2.75) is 33.2 Å². The number of aryl methyl sites for hydroxylation is 1. The Morgan fingerprint density at radius 2 is 2.12 bits per heavy atom. The number of aromatic nitrogens is 2. The maximum atomic E-state index is 12.1. The maximum absolute atomic E-state index is 12.1. The molecule has 0 saturated carbocycles. The Hall–Kier alpha value is -1.49. The van der Waals surface area contributed by atoms with Gasteiger partial charge in [0.1, 0.15) is 5.69 Å². The predicted molar refractivity (Wildman–Crippen MR) is 64.6 cm³/mol. The van der Waals surface area contributed by atoms with Crippen LogP contribution in [0.2, 0.25) is 0 Å². The fourth-order valence-electron chi connectivity index (χ4n) is 1.49. The Balaban J connectivity index is 2.80. The molecule has 0 saturated heterocycles. The van der Waals surface area contributed by atoms with Crippen LogP contribution in [0.1, 0.15) is 36.5 Å². The molecule has 0 spiro atoms. The molecule has 0 atom stereocenters. The summed E-state index contributed by atoms with van der Waals surface area (Å²) in [4.78, 5) is 22.0. The van der Waals surface area contributed by atoms with Gasteiger partial charge in [0.15, 0.2) is 0 Å². The second kappa shape index (κ2) is 6.30. The molecule has 1 aromatic rings. The lowest BCUT2D eigenvalue weighted by Crippen LogP contribution is -2.38. The van der Waals surface area contributed by atoms with Gasteiger partial charge in [-0.05, 0) is 27.2 Å². The minimum atomic E-state index is -0.138. The van der Waals surface area contributed by atoms with E-state index in [-0.39, 0.29) is 18.6 Å². The number of aliphatic hydroxyl groups is 1. The van der Waals surface area contributed by atoms with Crippen LogP contribution in [0.25, 0.3) is 0 Å². The van der Waals surface area contributed by atoms with Crippen LogP contribution >= 0.6 is 0 Å². The Morgan fingerprint density at radius 1 is 1.41 bits per heavy atom. The lowest BCUT2D eigenvalue weighted by atomic mass is 10.2. The van der Waals surface area contributed by atoms with Gasteiger partial charge in [0.25, 0.3) is 5.91 Å². The van der Waals surface area contributed by atoms with Crippen molar-refractivity contribution in [2.24, 2.45) is 0 Å². The number of aliphatic hydroxyl groups excluding tert-OH is 1. The fraction of sp³-hybridized carbons (Fsp3) is 0.583. The van der Waals surface area contributed by atoms with Gasteiger partial charge in [-0.3, -0.25) is 9.78 Å². The molecule has 1 amide bonds. The predicted octanol–water partition coefficient (Wildman–Crippen LogP) is 1.02. The van der Waals surface area contributed by atoms with E-state index in [9.17, 15) is 4.79 Å². The summed E-state index contributed by atoms with van der Waals surface area (Å²) in [6.07, 6.45) is 3.65. The molecule has 1 aromatic heterocycles. The van der Waals surface area contributed by atoms with Crippen molar-refractivity contribution in [3.8, 4) is 0 Å². The summed E-state index contributed by atoms with van der Waals surface area (Å²) in [6.45, 7) is 6.32. The molecule has 1 N–H and O–H groups in total. The third kappa shape index (κ3) is 3.78. The van der Waals surface area contributed by atoms with Gasteiger partial charge in [0.2, 0.25) is 0 Å². The monoisotopic (exact) mass is 237 g/mol. The molecule has 1 heterocycles. The van der Waals surface area contributed by atoms with Gasteiger partial charge in [0.05, 0.1) is 11.9 Å². The molecule has 0 unspecified atom stereocenters. The van der Waals surface area contributed by atoms with Crippen molar-refractivity contribution in [1.29, 1.82) is 0 Å². The minimum absolute atomic E-state index is 0.0794. The third-order valence-electron chi connectivity index (χ3n) is 2.44. The second-order valence-corrected chi connectivity index (χ2v) is 4.21. The summed E-state index contributed by atoms with van der Waals surface area (Å²) in [7, 11) is 0. The van der Waals surface area contributed by atoms with Crippen molar-refractivity contribution >= 4 is 5.91 Å². The Kier molecular flexibility index (Phi) is 5.03. The number of carbonyl (C=O) groups is 1. The van der Waals surface area contributed by atoms with Crippen molar-refractivity contribution in [3.63, 3.8) is 0 Å². The van der Waals surface area contributed by atoms with Crippen LogP contribution in [0, 0.1) is 6.92 Å². The lowest BCUT2D eigenvalue weighted by Gasteiger charge is -2.26. The zero-order chi connectivity index (χ0) is 12.8. The van der Waals surface area contributed by atoms with Gasteiger partial charge in [-0.15, -0.1) is 0 Å². The number of hydrogen-bond acceptors (Lipinski definition) is 4. The molecule has 0 aliphatic heterocycles. The normalized spacial score (nSPS) is 10.6. The highest BCUT2D eigenvalue weighted by molar-refractivity contribution is 5.92. The van der Waals surface area contributed by atoms with E-state index < -0.39 is 0 Å². The number of carbonyl (C=O) groups excluding carboxylic acids is 1. The smallest absolute Gasteiger partial charge is 0.274 e.